The summed E-state index contributed by atoms with van der Waals surface area (Å²) in [4.78, 5) is 0. The summed E-state index contributed by atoms with van der Waals surface area (Å²) in [6, 6.07) is 10.7. The van der Waals surface area contributed by atoms with E-state index in [1.165, 1.54) is 11.1 Å². The largest absolute Gasteiger partial charge is 0.414 e. The summed E-state index contributed by atoms with van der Waals surface area (Å²) in [6.45, 7) is 15.4. The lowest BCUT2D eigenvalue weighted by Gasteiger charge is -2.39. The molecule has 1 aromatic carbocycles. The lowest BCUT2D eigenvalue weighted by atomic mass is 9.91. The highest BCUT2D eigenvalue weighted by molar-refractivity contribution is 6.74. The van der Waals surface area contributed by atoms with E-state index in [4.69, 9.17) is 4.43 Å². The van der Waals surface area contributed by atoms with Crippen LogP contribution in [-0.2, 0) is 10.8 Å². The lowest BCUT2D eigenvalue weighted by Crippen LogP contribution is -2.44. The van der Waals surface area contributed by atoms with Gasteiger partial charge in [-0.1, -0.05) is 68.8 Å². The maximum Gasteiger partial charge on any atom is 0.192 e. The van der Waals surface area contributed by atoms with Crippen LogP contribution in [0.1, 0.15) is 52.0 Å². The minimum Gasteiger partial charge on any atom is -0.414 e. The van der Waals surface area contributed by atoms with Gasteiger partial charge in [0, 0.05) is 12.0 Å². The molecule has 150 valence electrons. The fourth-order valence-corrected chi connectivity index (χ4v) is 5.00. The number of hydrogen-bond acceptors (Lipinski definition) is 2. The second-order valence-corrected chi connectivity index (χ2v) is 14.2. The predicted molar refractivity (Wildman–Crippen MR) is 118 cm³/mol. The Labute approximate surface area is 167 Å². The van der Waals surface area contributed by atoms with Gasteiger partial charge in [0.25, 0.3) is 0 Å². The van der Waals surface area contributed by atoms with Crippen LogP contribution in [0.4, 0.5) is 0 Å². The summed E-state index contributed by atoms with van der Waals surface area (Å²) in [5, 5.41) is 10.5. The van der Waals surface area contributed by atoms with E-state index in [2.05, 4.69) is 76.9 Å². The average molecular weight is 387 g/mol. The molecule has 1 aliphatic rings. The van der Waals surface area contributed by atoms with Gasteiger partial charge in [0.1, 0.15) is 0 Å². The van der Waals surface area contributed by atoms with Crippen molar-refractivity contribution < 1.29 is 9.53 Å². The molecule has 0 bridgehead atoms. The van der Waals surface area contributed by atoms with Crippen molar-refractivity contribution >= 4 is 8.32 Å². The van der Waals surface area contributed by atoms with E-state index >= 15 is 0 Å². The average Bonchev–Trinajstić information content (AvgIpc) is 2.93. The molecule has 0 amide bonds. The number of hydrogen-bond donors (Lipinski definition) is 1. The molecule has 3 heteroatoms. The van der Waals surface area contributed by atoms with Crippen LogP contribution in [0.15, 0.2) is 54.6 Å². The molecule has 1 N–H and O–H groups in total. The minimum absolute atomic E-state index is 0.204. The van der Waals surface area contributed by atoms with Crippen molar-refractivity contribution in [3.63, 3.8) is 0 Å². The summed E-state index contributed by atoms with van der Waals surface area (Å²) >= 11 is 0. The second-order valence-electron chi connectivity index (χ2n) is 9.44. The van der Waals surface area contributed by atoms with Gasteiger partial charge in [-0.3, -0.25) is 0 Å². The molecule has 2 rings (SSSR count). The summed E-state index contributed by atoms with van der Waals surface area (Å²) < 4.78 is 6.82. The third-order valence-electron chi connectivity index (χ3n) is 6.31. The van der Waals surface area contributed by atoms with Crippen LogP contribution in [0.2, 0.25) is 18.1 Å². The first kappa shape index (κ1) is 22.1. The molecular formula is C24H38O2Si. The highest BCUT2D eigenvalue weighted by atomic mass is 28.4. The first-order valence-corrected chi connectivity index (χ1v) is 13.2. The van der Waals surface area contributed by atoms with Crippen LogP contribution in [0.25, 0.3) is 0 Å². The molecule has 3 atom stereocenters. The Hall–Kier alpha value is -1.16. The van der Waals surface area contributed by atoms with Crippen LogP contribution in [0.3, 0.4) is 0 Å². The maximum absolute atomic E-state index is 10.3. The van der Waals surface area contributed by atoms with E-state index in [-0.39, 0.29) is 23.2 Å². The molecule has 27 heavy (non-hydrogen) atoms. The number of aliphatic hydroxyl groups excluding tert-OH is 1. The lowest BCUT2D eigenvalue weighted by molar-refractivity contribution is 0.136. The van der Waals surface area contributed by atoms with Gasteiger partial charge >= 0.3 is 0 Å². The summed E-state index contributed by atoms with van der Waals surface area (Å²) in [5.74, 6) is 0.243. The molecule has 0 radical (unpaired) electrons. The summed E-state index contributed by atoms with van der Waals surface area (Å²) in [7, 11) is -1.83. The summed E-state index contributed by atoms with van der Waals surface area (Å²) in [5.41, 5.74) is 2.73. The highest BCUT2D eigenvalue weighted by Crippen LogP contribution is 2.39. The zero-order valence-electron chi connectivity index (χ0n) is 17.9. The SMILES string of the molecule is C=CCC1C(CCC(Cc2ccccc2)O[Si](C)(C)C(C)(C)C)=CCC1O. The van der Waals surface area contributed by atoms with Crippen molar-refractivity contribution in [1.29, 1.82) is 0 Å². The first-order valence-electron chi connectivity index (χ1n) is 10.3. The third-order valence-corrected chi connectivity index (χ3v) is 10.8. The van der Waals surface area contributed by atoms with Crippen LogP contribution < -0.4 is 0 Å². The Morgan fingerprint density at radius 2 is 1.93 bits per heavy atom. The Balaban J connectivity index is 2.09. The topological polar surface area (TPSA) is 29.5 Å². The van der Waals surface area contributed by atoms with E-state index in [9.17, 15) is 5.11 Å². The third kappa shape index (κ3) is 6.17. The van der Waals surface area contributed by atoms with Gasteiger partial charge in [0.05, 0.1) is 6.10 Å². The Morgan fingerprint density at radius 3 is 2.52 bits per heavy atom. The normalized spacial score (nSPS) is 21.8. The van der Waals surface area contributed by atoms with Gasteiger partial charge in [-0.15, -0.1) is 6.58 Å². The van der Waals surface area contributed by atoms with Gasteiger partial charge in [0.2, 0.25) is 0 Å². The molecule has 0 spiro atoms. The molecule has 0 saturated carbocycles. The molecule has 2 nitrogen and oxygen atoms in total. The summed E-state index contributed by atoms with van der Waals surface area (Å²) in [6.07, 6.45) is 8.75. The quantitative estimate of drug-likeness (QED) is 0.399. The Morgan fingerprint density at radius 1 is 1.26 bits per heavy atom. The molecule has 1 aliphatic carbocycles. The fourth-order valence-electron chi connectivity index (χ4n) is 3.61. The molecule has 0 aromatic heterocycles. The van der Waals surface area contributed by atoms with E-state index in [1.807, 2.05) is 6.08 Å². The molecule has 3 unspecified atom stereocenters. The van der Waals surface area contributed by atoms with Gasteiger partial charge in [0.15, 0.2) is 8.32 Å². The van der Waals surface area contributed by atoms with Crippen molar-refractivity contribution in [2.24, 2.45) is 5.92 Å². The van der Waals surface area contributed by atoms with Crippen LogP contribution in [-0.4, -0.2) is 25.6 Å². The predicted octanol–water partition coefficient (Wildman–Crippen LogP) is 6.28. The highest BCUT2D eigenvalue weighted by Gasteiger charge is 2.39. The van der Waals surface area contributed by atoms with Crippen LogP contribution in [0, 0.1) is 5.92 Å². The Bertz CT molecular complexity index is 628. The van der Waals surface area contributed by atoms with Crippen molar-refractivity contribution in [2.75, 3.05) is 0 Å². The standard InChI is InChI=1S/C24H38O2Si/c1-7-11-22-20(15-17-23(22)25)14-16-21(18-19-12-9-8-10-13-19)26-27(5,6)24(2,3)4/h7-10,12-13,15,21-23,25H,1,11,14,16-18H2,2-6H3. The molecular weight excluding hydrogens is 348 g/mol. The maximum atomic E-state index is 10.3. The molecule has 0 saturated heterocycles. The number of benzene rings is 1. The monoisotopic (exact) mass is 386 g/mol. The minimum atomic E-state index is -1.83. The fraction of sp³-hybridized carbons (Fsp3) is 0.583. The molecule has 1 aromatic rings. The van der Waals surface area contributed by atoms with Gasteiger partial charge in [-0.2, -0.15) is 0 Å². The van der Waals surface area contributed by atoms with Crippen LogP contribution >= 0.6 is 0 Å². The molecule has 0 fully saturated rings. The van der Waals surface area contributed by atoms with Crippen molar-refractivity contribution in [2.45, 2.75) is 83.2 Å². The zero-order chi connectivity index (χ0) is 20.1. The van der Waals surface area contributed by atoms with Crippen molar-refractivity contribution in [1.82, 2.24) is 0 Å². The van der Waals surface area contributed by atoms with Gasteiger partial charge in [-0.05, 0) is 55.8 Å². The van der Waals surface area contributed by atoms with Gasteiger partial charge in [-0.25, -0.2) is 0 Å². The smallest absolute Gasteiger partial charge is 0.192 e. The van der Waals surface area contributed by atoms with E-state index in [0.717, 1.165) is 32.1 Å². The van der Waals surface area contributed by atoms with Crippen molar-refractivity contribution in [3.05, 3.63) is 60.2 Å². The molecule has 0 heterocycles. The van der Waals surface area contributed by atoms with Gasteiger partial charge < -0.3 is 9.53 Å². The first-order chi connectivity index (χ1) is 12.6. The zero-order valence-corrected chi connectivity index (χ0v) is 18.9. The number of rotatable bonds is 9. The van der Waals surface area contributed by atoms with E-state index < -0.39 is 8.32 Å². The van der Waals surface area contributed by atoms with E-state index in [0.29, 0.717) is 0 Å². The van der Waals surface area contributed by atoms with Crippen molar-refractivity contribution in [3.8, 4) is 0 Å². The Kier molecular flexibility index (Phi) is 7.67. The second kappa shape index (κ2) is 9.36. The number of aliphatic hydroxyl groups is 1. The molecule has 0 aliphatic heterocycles. The van der Waals surface area contributed by atoms with Crippen LogP contribution in [0.5, 0.6) is 0 Å². The number of allylic oxidation sites excluding steroid dienone is 1. The van der Waals surface area contributed by atoms with E-state index in [1.54, 1.807) is 0 Å².